The number of nitrogens with one attached hydrogen (secondary N) is 2. The van der Waals surface area contributed by atoms with E-state index in [1.165, 1.54) is 6.07 Å². The van der Waals surface area contributed by atoms with Gasteiger partial charge in [-0.1, -0.05) is 26.0 Å². The number of carboxylic acids is 1. The van der Waals surface area contributed by atoms with Gasteiger partial charge >= 0.3 is 5.97 Å². The summed E-state index contributed by atoms with van der Waals surface area (Å²) in [6, 6.07) is 6.31. The molecule has 0 unspecified atom stereocenters. The number of hydrogen-bond acceptors (Lipinski definition) is 3. The number of carbonyl (C=O) groups is 1. The highest BCUT2D eigenvalue weighted by Gasteiger charge is 2.10. The molecule has 7 heteroatoms. The van der Waals surface area contributed by atoms with E-state index in [0.29, 0.717) is 17.8 Å². The first kappa shape index (κ1) is 15.5. The summed E-state index contributed by atoms with van der Waals surface area (Å²) < 4.78 is 28.2. The standard InChI is InChI=1S/C12H18N2O4S/c1-9(2)8-13-19(17,18)14-11-5-3-4-10(6-11)7-12(15)16/h3-6,9,13-14H,7-8H2,1-2H3,(H,15,16). The fourth-order valence-corrected chi connectivity index (χ4v) is 2.45. The van der Waals surface area contributed by atoms with Crippen molar-refractivity contribution in [3.63, 3.8) is 0 Å². The minimum absolute atomic E-state index is 0.144. The fourth-order valence-electron chi connectivity index (χ4n) is 1.39. The molecular weight excluding hydrogens is 268 g/mol. The molecule has 0 saturated carbocycles. The predicted octanol–water partition coefficient (Wildman–Crippen LogP) is 1.22. The van der Waals surface area contributed by atoms with Crippen LogP contribution in [0.25, 0.3) is 0 Å². The molecule has 0 heterocycles. The van der Waals surface area contributed by atoms with Gasteiger partial charge in [-0.15, -0.1) is 0 Å². The van der Waals surface area contributed by atoms with Crippen molar-refractivity contribution < 1.29 is 18.3 Å². The Morgan fingerprint density at radius 1 is 1.37 bits per heavy atom. The molecule has 0 spiro atoms. The van der Waals surface area contributed by atoms with Crippen LogP contribution in [0.1, 0.15) is 19.4 Å². The zero-order valence-corrected chi connectivity index (χ0v) is 11.7. The number of benzene rings is 1. The first-order valence-electron chi connectivity index (χ1n) is 5.86. The molecule has 106 valence electrons. The second kappa shape index (κ2) is 6.53. The molecule has 0 bridgehead atoms. The van der Waals surface area contributed by atoms with Gasteiger partial charge in [-0.2, -0.15) is 13.1 Å². The maximum Gasteiger partial charge on any atom is 0.307 e. The van der Waals surface area contributed by atoms with E-state index in [4.69, 9.17) is 5.11 Å². The molecule has 0 aromatic heterocycles. The minimum atomic E-state index is -3.62. The maximum absolute atomic E-state index is 11.7. The van der Waals surface area contributed by atoms with Crippen molar-refractivity contribution in [3.8, 4) is 0 Å². The van der Waals surface area contributed by atoms with E-state index in [0.717, 1.165) is 0 Å². The summed E-state index contributed by atoms with van der Waals surface area (Å²) in [5.74, 6) is -0.757. The number of anilines is 1. The van der Waals surface area contributed by atoms with E-state index in [1.807, 2.05) is 13.8 Å². The Kier molecular flexibility index (Phi) is 5.31. The number of rotatable bonds is 7. The van der Waals surface area contributed by atoms with Crippen LogP contribution in [0.4, 0.5) is 5.69 Å². The van der Waals surface area contributed by atoms with Gasteiger partial charge in [-0.3, -0.25) is 9.52 Å². The van der Waals surface area contributed by atoms with E-state index in [2.05, 4.69) is 9.44 Å². The lowest BCUT2D eigenvalue weighted by Crippen LogP contribution is -2.32. The summed E-state index contributed by atoms with van der Waals surface area (Å²) in [6.07, 6.45) is -0.144. The summed E-state index contributed by atoms with van der Waals surface area (Å²) in [4.78, 5) is 10.6. The Morgan fingerprint density at radius 2 is 2.05 bits per heavy atom. The molecule has 0 amide bonds. The summed E-state index contributed by atoms with van der Waals surface area (Å²) >= 11 is 0. The maximum atomic E-state index is 11.7. The lowest BCUT2D eigenvalue weighted by molar-refractivity contribution is -0.136. The van der Waals surface area contributed by atoms with E-state index in [-0.39, 0.29) is 12.3 Å². The Morgan fingerprint density at radius 3 is 2.63 bits per heavy atom. The molecule has 0 fully saturated rings. The SMILES string of the molecule is CC(C)CNS(=O)(=O)Nc1cccc(CC(=O)O)c1. The van der Waals surface area contributed by atoms with Gasteiger partial charge < -0.3 is 5.11 Å². The molecule has 19 heavy (non-hydrogen) atoms. The average Bonchev–Trinajstić information content (AvgIpc) is 2.25. The Hall–Kier alpha value is -1.60. The Bertz CT molecular complexity index is 540. The van der Waals surface area contributed by atoms with Gasteiger partial charge in [0.1, 0.15) is 0 Å². The highest BCUT2D eigenvalue weighted by atomic mass is 32.2. The second-order valence-corrected chi connectivity index (χ2v) is 6.12. The van der Waals surface area contributed by atoms with Crippen LogP contribution < -0.4 is 9.44 Å². The normalized spacial score (nSPS) is 11.5. The number of hydrogen-bond donors (Lipinski definition) is 3. The molecule has 0 aliphatic heterocycles. The summed E-state index contributed by atoms with van der Waals surface area (Å²) in [6.45, 7) is 4.14. The van der Waals surface area contributed by atoms with Crippen LogP contribution in [0.2, 0.25) is 0 Å². The van der Waals surface area contributed by atoms with E-state index < -0.39 is 16.2 Å². The summed E-state index contributed by atoms with van der Waals surface area (Å²) in [7, 11) is -3.62. The number of aliphatic carboxylic acids is 1. The Labute approximate surface area is 113 Å². The lowest BCUT2D eigenvalue weighted by Gasteiger charge is -2.11. The van der Waals surface area contributed by atoms with Crippen LogP contribution in [0, 0.1) is 5.92 Å². The lowest BCUT2D eigenvalue weighted by atomic mass is 10.1. The van der Waals surface area contributed by atoms with Crippen LogP contribution >= 0.6 is 0 Å². The van der Waals surface area contributed by atoms with Crippen LogP contribution in [0.15, 0.2) is 24.3 Å². The quantitative estimate of drug-likeness (QED) is 0.702. The third kappa shape index (κ3) is 6.21. The average molecular weight is 286 g/mol. The van der Waals surface area contributed by atoms with Crippen LogP contribution in [0.3, 0.4) is 0 Å². The summed E-state index contributed by atoms with van der Waals surface area (Å²) in [5.41, 5.74) is 0.881. The van der Waals surface area contributed by atoms with Gasteiger partial charge in [0, 0.05) is 6.54 Å². The smallest absolute Gasteiger partial charge is 0.307 e. The van der Waals surface area contributed by atoms with Gasteiger partial charge in [0.15, 0.2) is 0 Å². The second-order valence-electron chi connectivity index (χ2n) is 4.62. The third-order valence-corrected chi connectivity index (χ3v) is 3.27. The van der Waals surface area contributed by atoms with Gasteiger partial charge in [-0.05, 0) is 23.6 Å². The first-order valence-corrected chi connectivity index (χ1v) is 7.35. The minimum Gasteiger partial charge on any atom is -0.481 e. The van der Waals surface area contributed by atoms with Crippen molar-refractivity contribution in [1.82, 2.24) is 4.72 Å². The largest absolute Gasteiger partial charge is 0.481 e. The summed E-state index contributed by atoms with van der Waals surface area (Å²) in [5, 5.41) is 8.68. The van der Waals surface area contributed by atoms with Crippen molar-refractivity contribution in [1.29, 1.82) is 0 Å². The first-order chi connectivity index (χ1) is 8.78. The highest BCUT2D eigenvalue weighted by molar-refractivity contribution is 7.90. The van der Waals surface area contributed by atoms with E-state index >= 15 is 0 Å². The molecule has 6 nitrogen and oxygen atoms in total. The molecule has 0 saturated heterocycles. The van der Waals surface area contributed by atoms with Crippen LogP contribution in [-0.2, 0) is 21.4 Å². The van der Waals surface area contributed by atoms with Crippen LogP contribution in [0.5, 0.6) is 0 Å². The molecule has 0 aliphatic carbocycles. The van der Waals surface area contributed by atoms with Crippen molar-refractivity contribution >= 4 is 21.9 Å². The van der Waals surface area contributed by atoms with Crippen molar-refractivity contribution in [2.24, 2.45) is 5.92 Å². The molecule has 0 atom stereocenters. The zero-order valence-electron chi connectivity index (χ0n) is 10.9. The third-order valence-electron chi connectivity index (χ3n) is 2.22. The molecule has 3 N–H and O–H groups in total. The Balaban J connectivity index is 2.73. The molecule has 1 aromatic carbocycles. The van der Waals surface area contributed by atoms with Crippen molar-refractivity contribution in [2.75, 3.05) is 11.3 Å². The van der Waals surface area contributed by atoms with Crippen molar-refractivity contribution in [2.45, 2.75) is 20.3 Å². The molecule has 0 radical (unpaired) electrons. The van der Waals surface area contributed by atoms with Gasteiger partial charge in [0.25, 0.3) is 10.2 Å². The van der Waals surface area contributed by atoms with Crippen LogP contribution in [-0.4, -0.2) is 26.0 Å². The van der Waals surface area contributed by atoms with Crippen molar-refractivity contribution in [3.05, 3.63) is 29.8 Å². The topological polar surface area (TPSA) is 95.5 Å². The molecular formula is C12H18N2O4S. The predicted molar refractivity (Wildman–Crippen MR) is 73.2 cm³/mol. The molecule has 1 aromatic rings. The van der Waals surface area contributed by atoms with E-state index in [1.54, 1.807) is 18.2 Å². The monoisotopic (exact) mass is 286 g/mol. The van der Waals surface area contributed by atoms with Gasteiger partial charge in [0.05, 0.1) is 12.1 Å². The molecule has 1 rings (SSSR count). The highest BCUT2D eigenvalue weighted by Crippen LogP contribution is 2.12. The number of carboxylic acid groups (broad SMARTS) is 1. The fraction of sp³-hybridized carbons (Fsp3) is 0.417. The van der Waals surface area contributed by atoms with Gasteiger partial charge in [-0.25, -0.2) is 0 Å². The van der Waals surface area contributed by atoms with E-state index in [9.17, 15) is 13.2 Å². The van der Waals surface area contributed by atoms with Gasteiger partial charge in [0.2, 0.25) is 0 Å². The molecule has 0 aliphatic rings. The zero-order chi connectivity index (χ0) is 14.5.